The topological polar surface area (TPSA) is 85.8 Å². The highest BCUT2D eigenvalue weighted by molar-refractivity contribution is 5.75. The molecule has 0 aliphatic heterocycles. The summed E-state index contributed by atoms with van der Waals surface area (Å²) in [6, 6.07) is 0.0420. The van der Waals surface area contributed by atoms with Crippen molar-refractivity contribution in [3.8, 4) is 0 Å². The highest BCUT2D eigenvalue weighted by Gasteiger charge is 2.04. The second-order valence-corrected chi connectivity index (χ2v) is 3.38. The van der Waals surface area contributed by atoms with E-state index >= 15 is 0 Å². The fraction of sp³-hybridized carbons (Fsp3) is 0.667. The van der Waals surface area contributed by atoms with Gasteiger partial charge < -0.3 is 11.1 Å². The summed E-state index contributed by atoms with van der Waals surface area (Å²) in [7, 11) is 0. The number of carbonyl (C=O) groups is 1. The van der Waals surface area contributed by atoms with Crippen LogP contribution < -0.4 is 11.1 Å². The lowest BCUT2D eigenvalue weighted by molar-refractivity contribution is -0.121. The maximum atomic E-state index is 11.3. The zero-order chi connectivity index (χ0) is 11.1. The third kappa shape index (κ3) is 4.55. The molecule has 1 rings (SSSR count). The van der Waals surface area contributed by atoms with Crippen molar-refractivity contribution < 1.29 is 4.79 Å². The number of nitrogens with one attached hydrogen (secondary N) is 1. The number of hydrogen-bond donors (Lipinski definition) is 2. The zero-order valence-electron chi connectivity index (χ0n) is 8.89. The van der Waals surface area contributed by atoms with Crippen molar-refractivity contribution >= 4 is 5.91 Å². The molecule has 1 unspecified atom stereocenters. The number of amides is 1. The fourth-order valence-corrected chi connectivity index (χ4v) is 1.04. The van der Waals surface area contributed by atoms with Crippen LogP contribution in [0.15, 0.2) is 12.7 Å². The molecule has 6 nitrogen and oxygen atoms in total. The molecule has 0 radical (unpaired) electrons. The molecule has 1 heterocycles. The third-order valence-corrected chi connectivity index (χ3v) is 2.12. The lowest BCUT2D eigenvalue weighted by Gasteiger charge is -2.09. The minimum Gasteiger partial charge on any atom is -0.354 e. The predicted octanol–water partition coefficient (Wildman–Crippen LogP) is -0.478. The molecule has 15 heavy (non-hydrogen) atoms. The summed E-state index contributed by atoms with van der Waals surface area (Å²) in [5.41, 5.74) is 5.67. The maximum Gasteiger partial charge on any atom is 0.221 e. The molecule has 0 aliphatic carbocycles. The van der Waals surface area contributed by atoms with E-state index in [-0.39, 0.29) is 11.9 Å². The van der Waals surface area contributed by atoms with E-state index in [0.717, 1.165) is 6.42 Å². The van der Waals surface area contributed by atoms with Crippen LogP contribution in [0.2, 0.25) is 0 Å². The predicted molar refractivity (Wildman–Crippen MR) is 55.9 cm³/mol. The van der Waals surface area contributed by atoms with Gasteiger partial charge in [0.1, 0.15) is 12.7 Å². The Morgan fingerprint density at radius 2 is 2.47 bits per heavy atom. The van der Waals surface area contributed by atoms with Crippen LogP contribution in [0.5, 0.6) is 0 Å². The maximum absolute atomic E-state index is 11.3. The largest absolute Gasteiger partial charge is 0.354 e. The average molecular weight is 211 g/mol. The lowest BCUT2D eigenvalue weighted by atomic mass is 10.2. The fourth-order valence-electron chi connectivity index (χ4n) is 1.04. The van der Waals surface area contributed by atoms with Crippen LogP contribution in [0.25, 0.3) is 0 Å². The Morgan fingerprint density at radius 1 is 1.67 bits per heavy atom. The van der Waals surface area contributed by atoms with E-state index in [1.807, 2.05) is 6.92 Å². The van der Waals surface area contributed by atoms with Crippen molar-refractivity contribution in [2.24, 2.45) is 5.73 Å². The van der Waals surface area contributed by atoms with Gasteiger partial charge in [0.2, 0.25) is 5.91 Å². The molecule has 0 saturated heterocycles. The van der Waals surface area contributed by atoms with Crippen LogP contribution in [0.1, 0.15) is 19.8 Å². The Bertz CT molecular complexity index is 285. The van der Waals surface area contributed by atoms with Crippen LogP contribution in [0.4, 0.5) is 0 Å². The number of aromatic nitrogens is 3. The summed E-state index contributed by atoms with van der Waals surface area (Å²) in [6.07, 6.45) is 4.30. The first kappa shape index (κ1) is 11.6. The normalized spacial score (nSPS) is 12.4. The van der Waals surface area contributed by atoms with Gasteiger partial charge in [0.15, 0.2) is 0 Å². The number of aryl methyl sites for hydroxylation is 1. The van der Waals surface area contributed by atoms with Crippen molar-refractivity contribution in [1.29, 1.82) is 0 Å². The molecule has 3 N–H and O–H groups in total. The Balaban J connectivity index is 2.14. The number of nitrogens with zero attached hydrogens (tertiary/aromatic N) is 3. The zero-order valence-corrected chi connectivity index (χ0v) is 8.89. The monoisotopic (exact) mass is 211 g/mol. The van der Waals surface area contributed by atoms with Gasteiger partial charge in [0.05, 0.1) is 6.54 Å². The van der Waals surface area contributed by atoms with Crippen molar-refractivity contribution in [3.05, 3.63) is 12.7 Å². The van der Waals surface area contributed by atoms with Gasteiger partial charge in [-0.2, -0.15) is 5.10 Å². The number of nitrogens with two attached hydrogens (primary N) is 1. The Kier molecular flexibility index (Phi) is 4.76. The molecule has 0 aromatic carbocycles. The lowest BCUT2D eigenvalue weighted by Crippen LogP contribution is -2.37. The highest BCUT2D eigenvalue weighted by Crippen LogP contribution is 1.88. The quantitative estimate of drug-likeness (QED) is 0.665. The van der Waals surface area contributed by atoms with Crippen LogP contribution >= 0.6 is 0 Å². The van der Waals surface area contributed by atoms with Gasteiger partial charge >= 0.3 is 0 Å². The molecular weight excluding hydrogens is 194 g/mol. The molecular formula is C9H17N5O. The average Bonchev–Trinajstić information content (AvgIpc) is 2.75. The van der Waals surface area contributed by atoms with E-state index in [0.29, 0.717) is 19.5 Å². The van der Waals surface area contributed by atoms with Crippen molar-refractivity contribution in [2.75, 3.05) is 6.54 Å². The molecule has 0 spiro atoms. The smallest absolute Gasteiger partial charge is 0.221 e. The second-order valence-electron chi connectivity index (χ2n) is 3.38. The summed E-state index contributed by atoms with van der Waals surface area (Å²) in [6.45, 7) is 3.08. The Hall–Kier alpha value is -1.43. The highest BCUT2D eigenvalue weighted by atomic mass is 16.1. The molecule has 0 aliphatic rings. The first-order valence-corrected chi connectivity index (χ1v) is 5.07. The molecule has 1 amide bonds. The minimum atomic E-state index is -0.00519. The van der Waals surface area contributed by atoms with Crippen LogP contribution in [-0.2, 0) is 11.3 Å². The minimum absolute atomic E-state index is 0.00519. The first-order valence-electron chi connectivity index (χ1n) is 5.07. The molecule has 6 heteroatoms. The second kappa shape index (κ2) is 6.13. The molecule has 0 bridgehead atoms. The molecule has 0 saturated carbocycles. The summed E-state index contributed by atoms with van der Waals surface area (Å²) < 4.78 is 1.62. The molecule has 0 fully saturated rings. The van der Waals surface area contributed by atoms with E-state index < -0.39 is 0 Å². The third-order valence-electron chi connectivity index (χ3n) is 2.12. The Morgan fingerprint density at radius 3 is 3.07 bits per heavy atom. The van der Waals surface area contributed by atoms with Crippen LogP contribution in [0.3, 0.4) is 0 Å². The van der Waals surface area contributed by atoms with Gasteiger partial charge in [-0.3, -0.25) is 9.48 Å². The standard InChI is InChI=1S/C9H17N5O/c1-2-8(10)5-12-9(15)3-4-14-7-11-6-13-14/h6-8H,2-5,10H2,1H3,(H,12,15). The van der Waals surface area contributed by atoms with Crippen molar-refractivity contribution in [2.45, 2.75) is 32.4 Å². The van der Waals surface area contributed by atoms with Crippen molar-refractivity contribution in [3.63, 3.8) is 0 Å². The number of rotatable bonds is 6. The van der Waals surface area contributed by atoms with E-state index in [9.17, 15) is 4.79 Å². The van der Waals surface area contributed by atoms with E-state index in [4.69, 9.17) is 5.73 Å². The van der Waals surface area contributed by atoms with Gasteiger partial charge in [0.25, 0.3) is 0 Å². The molecule has 84 valence electrons. The van der Waals surface area contributed by atoms with Crippen LogP contribution in [0, 0.1) is 0 Å². The number of hydrogen-bond acceptors (Lipinski definition) is 4. The summed E-state index contributed by atoms with van der Waals surface area (Å²) >= 11 is 0. The number of carbonyl (C=O) groups excluding carboxylic acids is 1. The van der Waals surface area contributed by atoms with E-state index in [1.165, 1.54) is 6.33 Å². The molecule has 1 atom stereocenters. The van der Waals surface area contributed by atoms with Gasteiger partial charge in [-0.15, -0.1) is 0 Å². The van der Waals surface area contributed by atoms with E-state index in [2.05, 4.69) is 15.4 Å². The first-order chi connectivity index (χ1) is 7.22. The van der Waals surface area contributed by atoms with Gasteiger partial charge in [-0.05, 0) is 6.42 Å². The Labute approximate surface area is 88.9 Å². The van der Waals surface area contributed by atoms with Crippen LogP contribution in [-0.4, -0.2) is 33.3 Å². The molecule has 1 aromatic heterocycles. The van der Waals surface area contributed by atoms with Gasteiger partial charge in [-0.1, -0.05) is 6.92 Å². The van der Waals surface area contributed by atoms with Crippen molar-refractivity contribution in [1.82, 2.24) is 20.1 Å². The van der Waals surface area contributed by atoms with Gasteiger partial charge in [0, 0.05) is 19.0 Å². The summed E-state index contributed by atoms with van der Waals surface area (Å²) in [4.78, 5) is 15.1. The van der Waals surface area contributed by atoms with E-state index in [1.54, 1.807) is 11.0 Å². The summed E-state index contributed by atoms with van der Waals surface area (Å²) in [5, 5.41) is 6.67. The summed E-state index contributed by atoms with van der Waals surface area (Å²) in [5.74, 6) is -0.00519. The molecule has 1 aromatic rings. The van der Waals surface area contributed by atoms with Gasteiger partial charge in [-0.25, -0.2) is 4.98 Å². The SMILES string of the molecule is CCC(N)CNC(=O)CCn1cncn1.